The van der Waals surface area contributed by atoms with Gasteiger partial charge in [0.15, 0.2) is 0 Å². The molecule has 0 aliphatic rings. The van der Waals surface area contributed by atoms with Crippen LogP contribution in [-0.4, -0.2) is 21.3 Å². The highest BCUT2D eigenvalue weighted by atomic mass is 35.5. The summed E-state index contributed by atoms with van der Waals surface area (Å²) in [6.07, 6.45) is 3.26. The van der Waals surface area contributed by atoms with Crippen LogP contribution in [0.25, 0.3) is 11.1 Å². The van der Waals surface area contributed by atoms with Gasteiger partial charge in [0, 0.05) is 34.2 Å². The van der Waals surface area contributed by atoms with Crippen molar-refractivity contribution in [2.45, 2.75) is 6.54 Å². The number of aromatic nitrogens is 3. The lowest BCUT2D eigenvalue weighted by atomic mass is 10.0. The van der Waals surface area contributed by atoms with Gasteiger partial charge in [-0.2, -0.15) is 5.10 Å². The normalized spacial score (nSPS) is 10.6. The van der Waals surface area contributed by atoms with Gasteiger partial charge in [0.2, 0.25) is 0 Å². The summed E-state index contributed by atoms with van der Waals surface area (Å²) >= 11 is 6.05. The van der Waals surface area contributed by atoms with Crippen molar-refractivity contribution in [3.63, 3.8) is 0 Å². The predicted molar refractivity (Wildman–Crippen MR) is 115 cm³/mol. The van der Waals surface area contributed by atoms with Crippen LogP contribution < -0.4 is 10.6 Å². The number of rotatable bonds is 7. The zero-order chi connectivity index (χ0) is 19.2. The first-order chi connectivity index (χ1) is 13.8. The lowest BCUT2D eigenvalue weighted by Crippen LogP contribution is -2.11. The zero-order valence-corrected chi connectivity index (χ0v) is 16.0. The van der Waals surface area contributed by atoms with E-state index in [1.54, 1.807) is 17.3 Å². The summed E-state index contributed by atoms with van der Waals surface area (Å²) in [5, 5.41) is 11.9. The third-order valence-electron chi connectivity index (χ3n) is 4.36. The number of hydrogen-bond acceptors (Lipinski definition) is 4. The highest BCUT2D eigenvalue weighted by molar-refractivity contribution is 6.30. The first-order valence-electron chi connectivity index (χ1n) is 9.06. The molecule has 1 heterocycles. The Kier molecular flexibility index (Phi) is 5.54. The van der Waals surface area contributed by atoms with Crippen molar-refractivity contribution < 1.29 is 0 Å². The summed E-state index contributed by atoms with van der Waals surface area (Å²) in [5.74, 6) is 0. The van der Waals surface area contributed by atoms with Gasteiger partial charge in [0.1, 0.15) is 12.7 Å². The second-order valence-electron chi connectivity index (χ2n) is 6.34. The van der Waals surface area contributed by atoms with E-state index in [1.165, 1.54) is 0 Å². The van der Waals surface area contributed by atoms with E-state index in [2.05, 4.69) is 38.9 Å². The molecule has 1 aromatic heterocycles. The Morgan fingerprint density at radius 2 is 1.71 bits per heavy atom. The number of anilines is 3. The zero-order valence-electron chi connectivity index (χ0n) is 15.2. The van der Waals surface area contributed by atoms with E-state index in [4.69, 9.17) is 11.6 Å². The van der Waals surface area contributed by atoms with Crippen LogP contribution in [-0.2, 0) is 6.54 Å². The Morgan fingerprint density at radius 1 is 0.893 bits per heavy atom. The minimum atomic E-state index is 0.729. The Balaban J connectivity index is 1.59. The number of hydrogen-bond donors (Lipinski definition) is 2. The van der Waals surface area contributed by atoms with E-state index in [9.17, 15) is 0 Å². The molecule has 140 valence electrons. The molecule has 0 radical (unpaired) electrons. The summed E-state index contributed by atoms with van der Waals surface area (Å²) < 4.78 is 1.81. The van der Waals surface area contributed by atoms with Crippen LogP contribution in [0.1, 0.15) is 0 Å². The monoisotopic (exact) mass is 389 g/mol. The third-order valence-corrected chi connectivity index (χ3v) is 4.61. The van der Waals surface area contributed by atoms with Crippen LogP contribution >= 0.6 is 11.6 Å². The Labute approximate surface area is 169 Å². The molecule has 28 heavy (non-hydrogen) atoms. The average molecular weight is 390 g/mol. The van der Waals surface area contributed by atoms with Crippen LogP contribution in [0.4, 0.5) is 17.1 Å². The van der Waals surface area contributed by atoms with Gasteiger partial charge in [-0.1, -0.05) is 48.0 Å². The molecule has 0 bridgehead atoms. The van der Waals surface area contributed by atoms with E-state index in [0.29, 0.717) is 0 Å². The number of halogens is 1. The molecular weight excluding hydrogens is 370 g/mol. The van der Waals surface area contributed by atoms with Crippen LogP contribution in [0, 0.1) is 0 Å². The molecule has 0 fully saturated rings. The summed E-state index contributed by atoms with van der Waals surface area (Å²) in [5.41, 5.74) is 5.35. The summed E-state index contributed by atoms with van der Waals surface area (Å²) in [6.45, 7) is 1.47. The molecule has 2 N–H and O–H groups in total. The number of nitrogens with zero attached hydrogens (tertiary/aromatic N) is 3. The maximum Gasteiger partial charge on any atom is 0.137 e. The molecule has 0 atom stereocenters. The van der Waals surface area contributed by atoms with Gasteiger partial charge >= 0.3 is 0 Å². The van der Waals surface area contributed by atoms with E-state index in [-0.39, 0.29) is 0 Å². The highest BCUT2D eigenvalue weighted by Crippen LogP contribution is 2.32. The van der Waals surface area contributed by atoms with Gasteiger partial charge in [-0.25, -0.2) is 4.98 Å². The summed E-state index contributed by atoms with van der Waals surface area (Å²) in [6, 6.07) is 24.3. The second-order valence-corrected chi connectivity index (χ2v) is 6.78. The number of nitrogens with one attached hydrogen (secondary N) is 2. The molecule has 0 amide bonds. The van der Waals surface area contributed by atoms with E-state index in [1.807, 2.05) is 54.6 Å². The summed E-state index contributed by atoms with van der Waals surface area (Å²) in [7, 11) is 0. The van der Waals surface area contributed by atoms with Crippen molar-refractivity contribution in [3.8, 4) is 11.1 Å². The van der Waals surface area contributed by atoms with Gasteiger partial charge in [-0.05, 0) is 42.0 Å². The quantitative estimate of drug-likeness (QED) is 0.441. The fourth-order valence-electron chi connectivity index (χ4n) is 2.99. The van der Waals surface area contributed by atoms with Gasteiger partial charge < -0.3 is 10.6 Å². The molecule has 3 aromatic carbocycles. The van der Waals surface area contributed by atoms with Gasteiger partial charge in [0.05, 0.1) is 6.54 Å². The standard InChI is InChI=1S/C22H20ClN5/c23-18-8-6-17(7-9-18)21-11-10-20(27-19-4-2-1-3-5-19)14-22(21)25-12-13-28-16-24-15-26-28/h1-11,14-16,25,27H,12-13H2. The minimum absolute atomic E-state index is 0.729. The van der Waals surface area contributed by atoms with E-state index < -0.39 is 0 Å². The number of para-hydroxylation sites is 1. The van der Waals surface area contributed by atoms with Crippen LogP contribution in [0.2, 0.25) is 5.02 Å². The Bertz CT molecular complexity index is 1010. The molecule has 0 unspecified atom stereocenters. The van der Waals surface area contributed by atoms with Crippen molar-refractivity contribution in [2.24, 2.45) is 0 Å². The molecule has 0 spiro atoms. The molecular formula is C22H20ClN5. The van der Waals surface area contributed by atoms with Crippen molar-refractivity contribution in [1.29, 1.82) is 0 Å². The van der Waals surface area contributed by atoms with Crippen molar-refractivity contribution >= 4 is 28.7 Å². The first-order valence-corrected chi connectivity index (χ1v) is 9.44. The molecule has 6 heteroatoms. The first kappa shape index (κ1) is 18.1. The topological polar surface area (TPSA) is 54.8 Å². The lowest BCUT2D eigenvalue weighted by molar-refractivity contribution is 0.636. The van der Waals surface area contributed by atoms with Crippen molar-refractivity contribution in [1.82, 2.24) is 14.8 Å². The third kappa shape index (κ3) is 4.50. The molecule has 4 rings (SSSR count). The molecule has 0 saturated carbocycles. The van der Waals surface area contributed by atoms with Crippen molar-refractivity contribution in [3.05, 3.63) is 90.5 Å². The fourth-order valence-corrected chi connectivity index (χ4v) is 3.12. The van der Waals surface area contributed by atoms with Crippen LogP contribution in [0.3, 0.4) is 0 Å². The largest absolute Gasteiger partial charge is 0.383 e. The number of benzene rings is 3. The molecule has 0 aliphatic heterocycles. The van der Waals surface area contributed by atoms with Gasteiger partial charge in [-0.15, -0.1) is 0 Å². The maximum atomic E-state index is 6.05. The van der Waals surface area contributed by atoms with Crippen LogP contribution in [0.5, 0.6) is 0 Å². The van der Waals surface area contributed by atoms with E-state index >= 15 is 0 Å². The minimum Gasteiger partial charge on any atom is -0.383 e. The Hall–Kier alpha value is -3.31. The molecule has 4 aromatic rings. The highest BCUT2D eigenvalue weighted by Gasteiger charge is 2.07. The second kappa shape index (κ2) is 8.59. The molecule has 5 nitrogen and oxygen atoms in total. The summed E-state index contributed by atoms with van der Waals surface area (Å²) in [4.78, 5) is 3.98. The smallest absolute Gasteiger partial charge is 0.137 e. The molecule has 0 aliphatic carbocycles. The lowest BCUT2D eigenvalue weighted by Gasteiger charge is -2.15. The van der Waals surface area contributed by atoms with Crippen LogP contribution in [0.15, 0.2) is 85.5 Å². The maximum absolute atomic E-state index is 6.05. The molecule has 0 saturated heterocycles. The average Bonchev–Trinajstić information content (AvgIpc) is 3.23. The fraction of sp³-hybridized carbons (Fsp3) is 0.0909. The Morgan fingerprint density at radius 3 is 2.46 bits per heavy atom. The SMILES string of the molecule is Clc1ccc(-c2ccc(Nc3ccccc3)cc2NCCn2cncn2)cc1. The van der Waals surface area contributed by atoms with E-state index in [0.717, 1.165) is 46.3 Å². The van der Waals surface area contributed by atoms with Gasteiger partial charge in [0.25, 0.3) is 0 Å². The predicted octanol–water partition coefficient (Wildman–Crippen LogP) is 5.45. The van der Waals surface area contributed by atoms with Crippen molar-refractivity contribution in [2.75, 3.05) is 17.2 Å². The van der Waals surface area contributed by atoms with Gasteiger partial charge in [-0.3, -0.25) is 4.68 Å².